The summed E-state index contributed by atoms with van der Waals surface area (Å²) in [5.41, 5.74) is -0.345. The van der Waals surface area contributed by atoms with E-state index < -0.39 is 17.9 Å². The summed E-state index contributed by atoms with van der Waals surface area (Å²) < 4.78 is 14.3. The Bertz CT molecular complexity index is 1200. The zero-order valence-corrected chi connectivity index (χ0v) is 25.6. The molecule has 1 aliphatic heterocycles. The Morgan fingerprint density at radius 2 is 1.16 bits per heavy atom. The van der Waals surface area contributed by atoms with Gasteiger partial charge in [0.25, 0.3) is 0 Å². The summed E-state index contributed by atoms with van der Waals surface area (Å²) >= 11 is 0. The summed E-state index contributed by atoms with van der Waals surface area (Å²) in [7, 11) is 0. The molecule has 0 aromatic rings. The van der Waals surface area contributed by atoms with Gasteiger partial charge in [0.15, 0.2) is 0 Å². The van der Waals surface area contributed by atoms with Crippen LogP contribution in [0.1, 0.15) is 59.3 Å². The van der Waals surface area contributed by atoms with Crippen LogP contribution < -0.4 is 0 Å². The average molecular weight is 613 g/mol. The summed E-state index contributed by atoms with van der Waals surface area (Å²) in [6, 6.07) is 0. The van der Waals surface area contributed by atoms with E-state index in [2.05, 4.69) is 41.2 Å². The number of hydrogen-bond donors (Lipinski definition) is 2. The van der Waals surface area contributed by atoms with E-state index in [4.69, 9.17) is 19.7 Å². The number of esters is 4. The predicted octanol–water partition coefficient (Wildman–Crippen LogP) is 4.18. The zero-order chi connectivity index (χ0) is 32.0. The van der Waals surface area contributed by atoms with Gasteiger partial charge in [-0.25, -0.2) is 9.59 Å². The van der Waals surface area contributed by atoms with Crippen LogP contribution in [0.5, 0.6) is 0 Å². The molecule has 7 rings (SSSR count). The highest BCUT2D eigenvalue weighted by Crippen LogP contribution is 2.45. The summed E-state index contributed by atoms with van der Waals surface area (Å²) in [5.74, 6) is 1.21. The minimum absolute atomic E-state index is 0.00523. The molecule has 44 heavy (non-hydrogen) atoms. The molecule has 10 heteroatoms. The summed E-state index contributed by atoms with van der Waals surface area (Å²) in [6.07, 6.45) is 21.3. The molecule has 0 aromatic carbocycles. The quantitative estimate of drug-likeness (QED) is 0.200. The van der Waals surface area contributed by atoms with Crippen LogP contribution in [0.2, 0.25) is 0 Å². The van der Waals surface area contributed by atoms with Gasteiger partial charge >= 0.3 is 29.8 Å². The molecular weight excluding hydrogens is 568 g/mol. The van der Waals surface area contributed by atoms with Gasteiger partial charge in [-0.05, 0) is 94.8 Å². The minimum atomic E-state index is -0.614. The number of allylic oxidation sites excluding steroid dienone is 6. The molecular formula is C34H44O10. The number of carboxylic acids is 1. The lowest BCUT2D eigenvalue weighted by Gasteiger charge is -2.24. The number of hydrogen-bond acceptors (Lipinski definition) is 9. The monoisotopic (exact) mass is 612 g/mol. The smallest absolute Gasteiger partial charge is 0.338 e. The van der Waals surface area contributed by atoms with E-state index >= 15 is 0 Å². The highest BCUT2D eigenvalue weighted by molar-refractivity contribution is 6.04. The van der Waals surface area contributed by atoms with E-state index in [0.29, 0.717) is 35.5 Å². The van der Waals surface area contributed by atoms with Gasteiger partial charge in [0.05, 0.1) is 24.4 Å². The molecule has 9 unspecified atom stereocenters. The van der Waals surface area contributed by atoms with Gasteiger partial charge in [0, 0.05) is 12.2 Å². The zero-order valence-electron chi connectivity index (χ0n) is 25.6. The van der Waals surface area contributed by atoms with Crippen molar-refractivity contribution >= 4 is 29.8 Å². The molecule has 0 saturated heterocycles. The number of rotatable bonds is 5. The van der Waals surface area contributed by atoms with Crippen molar-refractivity contribution < 1.29 is 48.4 Å². The second-order valence-electron chi connectivity index (χ2n) is 13.5. The maximum absolute atomic E-state index is 11.8. The predicted molar refractivity (Wildman–Crippen MR) is 158 cm³/mol. The molecule has 3 fully saturated rings. The molecule has 0 aromatic heterocycles. The third-order valence-corrected chi connectivity index (χ3v) is 9.06. The van der Waals surface area contributed by atoms with Crippen molar-refractivity contribution in [1.82, 2.24) is 0 Å². The molecule has 1 heterocycles. The Morgan fingerprint density at radius 3 is 1.43 bits per heavy atom. The second-order valence-corrected chi connectivity index (χ2v) is 13.5. The molecule has 0 radical (unpaired) electrons. The van der Waals surface area contributed by atoms with Gasteiger partial charge < -0.3 is 24.4 Å². The minimum Gasteiger partial charge on any atom is -0.481 e. The Balaban J connectivity index is 0.000000138. The molecule has 0 amide bonds. The van der Waals surface area contributed by atoms with Crippen LogP contribution in [0.15, 0.2) is 48.6 Å². The molecule has 240 valence electrons. The number of ether oxygens (including phenoxy) is 3. The van der Waals surface area contributed by atoms with Crippen molar-refractivity contribution in [2.75, 3.05) is 13.2 Å². The van der Waals surface area contributed by atoms with Crippen LogP contribution in [0.3, 0.4) is 0 Å². The van der Waals surface area contributed by atoms with E-state index in [1.165, 1.54) is 0 Å². The van der Waals surface area contributed by atoms with Crippen LogP contribution in [0, 0.1) is 53.3 Å². The van der Waals surface area contributed by atoms with E-state index in [9.17, 15) is 24.0 Å². The standard InChI is InChI=1S/C12H18O2.C10H14O3.C8H10O2.C4H2O3/c1-12(2,3)14-11(13)10-7-8-4-5-9(10)6-8;11-3-4-13-10(12)9-6-7-1-2-8(9)5-7;9-8(10)7-4-5-1-2-6(7)3-5;5-3-1-2-4(6)7-3/h4-5,8-10H,6-7H2,1-3H3;1-2,7-9,11H,3-6H2;1-2,5-7H,3-4H2,(H,9,10);1-2H. The summed E-state index contributed by atoms with van der Waals surface area (Å²) in [6.45, 7) is 5.83. The average Bonchev–Trinajstić information content (AvgIpc) is 3.82. The Kier molecular flexibility index (Phi) is 11.0. The Hall–Kier alpha value is -3.53. The number of aliphatic carboxylic acids is 1. The largest absolute Gasteiger partial charge is 0.481 e. The van der Waals surface area contributed by atoms with Gasteiger partial charge in [-0.3, -0.25) is 14.4 Å². The number of carboxylic acid groups (broad SMARTS) is 1. The first kappa shape index (κ1) is 33.4. The molecule has 10 nitrogen and oxygen atoms in total. The van der Waals surface area contributed by atoms with Gasteiger partial charge in [-0.1, -0.05) is 36.5 Å². The normalized spacial score (nSPS) is 34.0. The van der Waals surface area contributed by atoms with Crippen molar-refractivity contribution in [1.29, 1.82) is 0 Å². The topological polar surface area (TPSA) is 154 Å². The number of carbonyl (C=O) groups excluding carboxylic acids is 4. The fraction of sp³-hybridized carbons (Fsp3) is 0.618. The number of carbonyl (C=O) groups is 5. The van der Waals surface area contributed by atoms with Gasteiger partial charge in [-0.15, -0.1) is 0 Å². The van der Waals surface area contributed by atoms with Crippen LogP contribution in [0.25, 0.3) is 0 Å². The van der Waals surface area contributed by atoms with E-state index in [0.717, 1.165) is 50.7 Å². The first-order valence-electron chi connectivity index (χ1n) is 15.5. The third kappa shape index (κ3) is 9.00. The molecule has 3 saturated carbocycles. The first-order chi connectivity index (χ1) is 20.8. The molecule has 2 N–H and O–H groups in total. The van der Waals surface area contributed by atoms with Crippen molar-refractivity contribution in [2.24, 2.45) is 53.3 Å². The Morgan fingerprint density at radius 1 is 0.727 bits per heavy atom. The maximum Gasteiger partial charge on any atom is 0.338 e. The molecule has 0 spiro atoms. The summed E-state index contributed by atoms with van der Waals surface area (Å²) in [4.78, 5) is 53.6. The second kappa shape index (κ2) is 14.5. The van der Waals surface area contributed by atoms with Crippen molar-refractivity contribution in [2.45, 2.75) is 64.9 Å². The van der Waals surface area contributed by atoms with Crippen LogP contribution >= 0.6 is 0 Å². The van der Waals surface area contributed by atoms with Crippen LogP contribution in [-0.2, 0) is 38.2 Å². The van der Waals surface area contributed by atoms with E-state index in [1.807, 2.05) is 20.8 Å². The lowest BCUT2D eigenvalue weighted by Crippen LogP contribution is -2.30. The third-order valence-electron chi connectivity index (χ3n) is 9.06. The van der Waals surface area contributed by atoms with Crippen molar-refractivity contribution in [3.05, 3.63) is 48.6 Å². The number of aliphatic hydroxyl groups excluding tert-OH is 1. The number of cyclic esters (lactones) is 2. The number of aliphatic hydroxyl groups is 1. The lowest BCUT2D eigenvalue weighted by atomic mass is 9.93. The van der Waals surface area contributed by atoms with Gasteiger partial charge in [0.2, 0.25) is 0 Å². The summed E-state index contributed by atoms with van der Waals surface area (Å²) in [5, 5.41) is 17.2. The molecule has 9 atom stereocenters. The molecule has 6 aliphatic carbocycles. The maximum atomic E-state index is 11.8. The first-order valence-corrected chi connectivity index (χ1v) is 15.5. The molecule has 6 bridgehead atoms. The highest BCUT2D eigenvalue weighted by atomic mass is 16.6. The van der Waals surface area contributed by atoms with Crippen molar-refractivity contribution in [3.63, 3.8) is 0 Å². The SMILES string of the molecule is CC(C)(C)OC(=O)C1CC2C=CC1C2.O=C(O)C1CC2C=CC1C2.O=C(OCCO)C1CC2C=CC1C2.O=C1C=CC(=O)O1. The Labute approximate surface area is 258 Å². The van der Waals surface area contributed by atoms with Crippen LogP contribution in [0.4, 0.5) is 0 Å². The van der Waals surface area contributed by atoms with Crippen molar-refractivity contribution in [3.8, 4) is 0 Å². The number of fused-ring (bicyclic) bond motifs is 6. The van der Waals surface area contributed by atoms with Gasteiger partial charge in [-0.2, -0.15) is 0 Å². The fourth-order valence-electron chi connectivity index (χ4n) is 7.10. The fourth-order valence-corrected chi connectivity index (χ4v) is 7.10. The van der Waals surface area contributed by atoms with Gasteiger partial charge in [0.1, 0.15) is 12.2 Å². The van der Waals surface area contributed by atoms with E-state index in [1.54, 1.807) is 0 Å². The molecule has 7 aliphatic rings. The van der Waals surface area contributed by atoms with E-state index in [-0.39, 0.29) is 48.5 Å². The lowest BCUT2D eigenvalue weighted by molar-refractivity contribution is -0.161. The van der Waals surface area contributed by atoms with Crippen LogP contribution in [-0.4, -0.2) is 58.9 Å². The highest BCUT2D eigenvalue weighted by Gasteiger charge is 2.42.